The van der Waals surface area contributed by atoms with Crippen LogP contribution < -0.4 is 10.6 Å². The fraction of sp³-hybridized carbons (Fsp3) is 0.0870. The minimum Gasteiger partial charge on any atom is -0.436 e. The number of halogens is 1. The zero-order chi connectivity index (χ0) is 21.3. The van der Waals surface area contributed by atoms with E-state index in [4.69, 9.17) is 16.6 Å². The average molecular weight is 527 g/mol. The third kappa shape index (κ3) is 4.52. The summed E-state index contributed by atoms with van der Waals surface area (Å²) in [5, 5.41) is 5.94. The molecule has 0 fully saturated rings. The van der Waals surface area contributed by atoms with E-state index < -0.39 is 0 Å². The Labute approximate surface area is 193 Å². The highest BCUT2D eigenvalue weighted by molar-refractivity contribution is 14.1. The lowest BCUT2D eigenvalue weighted by Crippen LogP contribution is -2.34. The molecule has 0 saturated carbocycles. The number of oxazole rings is 1. The molecule has 0 bridgehead atoms. The van der Waals surface area contributed by atoms with Gasteiger partial charge in [0.25, 0.3) is 5.91 Å². The zero-order valence-electron chi connectivity index (χ0n) is 16.3. The van der Waals surface area contributed by atoms with Crippen molar-refractivity contribution in [3.63, 3.8) is 0 Å². The molecular weight excluding hydrogens is 509 g/mol. The minimum absolute atomic E-state index is 0.218. The first kappa shape index (κ1) is 20.5. The molecule has 5 nitrogen and oxygen atoms in total. The standard InChI is InChI=1S/C23H18IN3O2S/c1-13-3-4-16(11-14(13)2)22-26-19-12-18(9-10-20(19)29-22)25-23(30)27-21(28)15-5-7-17(24)8-6-15/h3-12H,1-2H3,(H2,25,27,28,30). The Kier molecular flexibility index (Phi) is 5.83. The van der Waals surface area contributed by atoms with Gasteiger partial charge in [-0.2, -0.15) is 0 Å². The smallest absolute Gasteiger partial charge is 0.257 e. The second-order valence-electron chi connectivity index (χ2n) is 6.92. The normalized spacial score (nSPS) is 10.8. The average Bonchev–Trinajstić information content (AvgIpc) is 3.13. The van der Waals surface area contributed by atoms with Crippen LogP contribution in [0.15, 0.2) is 65.1 Å². The predicted molar refractivity (Wildman–Crippen MR) is 132 cm³/mol. The molecule has 1 amide bonds. The number of carbonyl (C=O) groups excluding carboxylic acids is 1. The topological polar surface area (TPSA) is 67.2 Å². The Morgan fingerprint density at radius 1 is 1.00 bits per heavy atom. The van der Waals surface area contributed by atoms with Crippen LogP contribution in [0.3, 0.4) is 0 Å². The summed E-state index contributed by atoms with van der Waals surface area (Å²) in [6.45, 7) is 4.14. The molecule has 0 aliphatic heterocycles. The molecule has 4 aromatic rings. The number of aryl methyl sites for hydroxylation is 2. The Morgan fingerprint density at radius 3 is 2.50 bits per heavy atom. The maximum atomic E-state index is 12.3. The molecule has 0 unspecified atom stereocenters. The number of thiocarbonyl (C=S) groups is 1. The van der Waals surface area contributed by atoms with Crippen LogP contribution in [0.1, 0.15) is 21.5 Å². The zero-order valence-corrected chi connectivity index (χ0v) is 19.3. The summed E-state index contributed by atoms with van der Waals surface area (Å²) in [4.78, 5) is 16.9. The van der Waals surface area contributed by atoms with Gasteiger partial charge in [0.1, 0.15) is 5.52 Å². The number of nitrogens with one attached hydrogen (secondary N) is 2. The molecule has 1 heterocycles. The van der Waals surface area contributed by atoms with E-state index in [1.165, 1.54) is 11.1 Å². The van der Waals surface area contributed by atoms with Gasteiger partial charge in [0.2, 0.25) is 5.89 Å². The molecule has 1 aromatic heterocycles. The summed E-state index contributed by atoms with van der Waals surface area (Å²) in [7, 11) is 0. The Morgan fingerprint density at radius 2 is 1.77 bits per heavy atom. The van der Waals surface area contributed by atoms with Crippen LogP contribution in [0.2, 0.25) is 0 Å². The predicted octanol–water partition coefficient (Wildman–Crippen LogP) is 5.84. The van der Waals surface area contributed by atoms with Crippen LogP contribution in [0.25, 0.3) is 22.6 Å². The van der Waals surface area contributed by atoms with Crippen LogP contribution >= 0.6 is 34.8 Å². The lowest BCUT2D eigenvalue weighted by Gasteiger charge is -2.09. The molecular formula is C23H18IN3O2S. The van der Waals surface area contributed by atoms with Gasteiger partial charge in [-0.3, -0.25) is 10.1 Å². The van der Waals surface area contributed by atoms with Gasteiger partial charge in [0.05, 0.1) is 0 Å². The van der Waals surface area contributed by atoms with Gasteiger partial charge in [-0.05, 0) is 114 Å². The van der Waals surface area contributed by atoms with Crippen molar-refractivity contribution in [3.05, 3.63) is 80.9 Å². The van der Waals surface area contributed by atoms with Crippen LogP contribution in [-0.4, -0.2) is 16.0 Å². The second kappa shape index (κ2) is 8.53. The Balaban J connectivity index is 1.49. The van der Waals surface area contributed by atoms with Gasteiger partial charge in [-0.25, -0.2) is 4.98 Å². The molecule has 0 atom stereocenters. The van der Waals surface area contributed by atoms with Crippen LogP contribution in [0.4, 0.5) is 5.69 Å². The summed E-state index contributed by atoms with van der Waals surface area (Å²) in [6, 6.07) is 18.9. The number of aromatic nitrogens is 1. The molecule has 0 spiro atoms. The number of hydrogen-bond donors (Lipinski definition) is 2. The fourth-order valence-corrected chi connectivity index (χ4v) is 3.51. The van der Waals surface area contributed by atoms with Crippen molar-refractivity contribution in [1.82, 2.24) is 10.3 Å². The summed E-state index contributed by atoms with van der Waals surface area (Å²) >= 11 is 7.47. The number of fused-ring (bicyclic) bond motifs is 1. The van der Waals surface area contributed by atoms with E-state index in [0.717, 1.165) is 14.8 Å². The van der Waals surface area contributed by atoms with Crippen molar-refractivity contribution in [1.29, 1.82) is 0 Å². The first-order valence-electron chi connectivity index (χ1n) is 9.25. The summed E-state index contributed by atoms with van der Waals surface area (Å²) in [5.74, 6) is 0.309. The van der Waals surface area contributed by atoms with E-state index >= 15 is 0 Å². The number of carbonyl (C=O) groups is 1. The number of anilines is 1. The molecule has 150 valence electrons. The minimum atomic E-state index is -0.261. The molecule has 7 heteroatoms. The van der Waals surface area contributed by atoms with Gasteiger partial charge >= 0.3 is 0 Å². The second-order valence-corrected chi connectivity index (χ2v) is 8.57. The molecule has 0 saturated heterocycles. The monoisotopic (exact) mass is 527 g/mol. The highest BCUT2D eigenvalue weighted by atomic mass is 127. The van der Waals surface area contributed by atoms with Gasteiger partial charge in [-0.1, -0.05) is 6.07 Å². The highest BCUT2D eigenvalue weighted by Crippen LogP contribution is 2.27. The highest BCUT2D eigenvalue weighted by Gasteiger charge is 2.11. The number of benzene rings is 3. The van der Waals surface area contributed by atoms with E-state index in [2.05, 4.69) is 64.2 Å². The molecule has 0 radical (unpaired) electrons. The molecule has 3 aromatic carbocycles. The van der Waals surface area contributed by atoms with Gasteiger partial charge < -0.3 is 9.73 Å². The summed E-state index contributed by atoms with van der Waals surface area (Å²) < 4.78 is 6.96. The van der Waals surface area contributed by atoms with E-state index in [0.29, 0.717) is 22.6 Å². The maximum Gasteiger partial charge on any atom is 0.257 e. The van der Waals surface area contributed by atoms with Crippen molar-refractivity contribution in [3.8, 4) is 11.5 Å². The molecule has 0 aliphatic carbocycles. The van der Waals surface area contributed by atoms with E-state index in [9.17, 15) is 4.79 Å². The first-order valence-corrected chi connectivity index (χ1v) is 10.7. The molecule has 0 aliphatic rings. The number of hydrogen-bond acceptors (Lipinski definition) is 4. The molecule has 30 heavy (non-hydrogen) atoms. The molecule has 2 N–H and O–H groups in total. The quantitative estimate of drug-likeness (QED) is 0.259. The summed E-state index contributed by atoms with van der Waals surface area (Å²) in [6.07, 6.45) is 0. The third-order valence-electron chi connectivity index (χ3n) is 4.73. The number of rotatable bonds is 3. The van der Waals surface area contributed by atoms with E-state index in [1.54, 1.807) is 12.1 Å². The van der Waals surface area contributed by atoms with Crippen molar-refractivity contribution in [2.75, 3.05) is 5.32 Å². The number of amides is 1. The fourth-order valence-electron chi connectivity index (χ4n) is 2.94. The van der Waals surface area contributed by atoms with E-state index in [-0.39, 0.29) is 11.0 Å². The van der Waals surface area contributed by atoms with Crippen molar-refractivity contribution in [2.45, 2.75) is 13.8 Å². The van der Waals surface area contributed by atoms with Crippen LogP contribution in [-0.2, 0) is 0 Å². The largest absolute Gasteiger partial charge is 0.436 e. The van der Waals surface area contributed by atoms with E-state index in [1.807, 2.05) is 36.4 Å². The lowest BCUT2D eigenvalue weighted by atomic mass is 10.1. The first-order chi connectivity index (χ1) is 14.4. The SMILES string of the molecule is Cc1ccc(-c2nc3cc(NC(=S)NC(=O)c4ccc(I)cc4)ccc3o2)cc1C. The Hall–Kier alpha value is -2.78. The summed E-state index contributed by atoms with van der Waals surface area (Å²) in [5.41, 5.74) is 6.00. The maximum absolute atomic E-state index is 12.3. The lowest BCUT2D eigenvalue weighted by molar-refractivity contribution is 0.0977. The van der Waals surface area contributed by atoms with Crippen molar-refractivity contribution in [2.24, 2.45) is 0 Å². The molecule has 4 rings (SSSR count). The van der Waals surface area contributed by atoms with Gasteiger partial charge in [0.15, 0.2) is 10.7 Å². The van der Waals surface area contributed by atoms with Gasteiger partial charge in [-0.15, -0.1) is 0 Å². The van der Waals surface area contributed by atoms with Crippen LogP contribution in [0.5, 0.6) is 0 Å². The Bertz CT molecular complexity index is 1270. The van der Waals surface area contributed by atoms with Crippen molar-refractivity contribution < 1.29 is 9.21 Å². The van der Waals surface area contributed by atoms with Crippen molar-refractivity contribution >= 4 is 62.6 Å². The number of nitrogens with zero attached hydrogens (tertiary/aromatic N) is 1. The van der Waals surface area contributed by atoms with Gasteiger partial charge in [0, 0.05) is 20.4 Å². The van der Waals surface area contributed by atoms with Crippen LogP contribution in [0, 0.1) is 17.4 Å². The third-order valence-corrected chi connectivity index (χ3v) is 5.66.